The van der Waals surface area contributed by atoms with E-state index in [-0.39, 0.29) is 32.0 Å². The fraction of sp³-hybridized carbons (Fsp3) is 0.259. The third kappa shape index (κ3) is 6.18. The van der Waals surface area contributed by atoms with Gasteiger partial charge < -0.3 is 14.5 Å². The number of fused-ring (bicyclic) bond motifs is 1. The Balaban J connectivity index is 1.41. The third-order valence-corrected chi connectivity index (χ3v) is 5.74. The molecule has 2 heterocycles. The molecule has 0 aliphatic heterocycles. The summed E-state index contributed by atoms with van der Waals surface area (Å²) in [5, 5.41) is 3.10. The highest BCUT2D eigenvalue weighted by atomic mass is 16.5. The minimum atomic E-state index is -0.586. The fourth-order valence-electron chi connectivity index (χ4n) is 3.88. The van der Waals surface area contributed by atoms with Gasteiger partial charge in [0, 0.05) is 13.0 Å². The minimum Gasteiger partial charge on any atom is -0.467 e. The lowest BCUT2D eigenvalue weighted by Gasteiger charge is -2.14. The summed E-state index contributed by atoms with van der Waals surface area (Å²) in [6.07, 6.45) is 2.73. The number of nitrogens with zero attached hydrogens (tertiary/aromatic N) is 2. The quantitative estimate of drug-likeness (QED) is 0.256. The van der Waals surface area contributed by atoms with Gasteiger partial charge in [0.15, 0.2) is 0 Å². The van der Waals surface area contributed by atoms with Gasteiger partial charge in [-0.3, -0.25) is 23.5 Å². The number of unbranched alkanes of at least 4 members (excludes halogenated alkanes) is 1. The molecule has 2 aromatic carbocycles. The second-order valence-corrected chi connectivity index (χ2v) is 8.30. The second-order valence-electron chi connectivity index (χ2n) is 8.30. The minimum absolute atomic E-state index is 0.0913. The number of hydrogen-bond donors (Lipinski definition) is 1. The number of carbonyl (C=O) groups is 2. The number of para-hydroxylation sites is 1. The lowest BCUT2D eigenvalue weighted by molar-refractivity contribution is -0.145. The average Bonchev–Trinajstić information content (AvgIpc) is 3.43. The van der Waals surface area contributed by atoms with Crippen LogP contribution in [0.2, 0.25) is 0 Å². The van der Waals surface area contributed by atoms with Crippen LogP contribution in [-0.4, -0.2) is 21.0 Å². The van der Waals surface area contributed by atoms with Gasteiger partial charge in [-0.25, -0.2) is 4.79 Å². The van der Waals surface area contributed by atoms with Crippen molar-refractivity contribution >= 4 is 22.8 Å². The first-order valence-corrected chi connectivity index (χ1v) is 11.7. The highest BCUT2D eigenvalue weighted by Crippen LogP contribution is 2.09. The van der Waals surface area contributed by atoms with Gasteiger partial charge in [-0.1, -0.05) is 42.5 Å². The second kappa shape index (κ2) is 11.8. The Labute approximate surface area is 206 Å². The molecule has 0 aliphatic carbocycles. The molecule has 36 heavy (non-hydrogen) atoms. The van der Waals surface area contributed by atoms with Gasteiger partial charge in [0.2, 0.25) is 5.91 Å². The number of esters is 1. The Morgan fingerprint density at radius 1 is 0.889 bits per heavy atom. The normalized spacial score (nSPS) is 10.9. The SMILES string of the molecule is O=C(CCCCn1c(=O)c2ccccc2n(CC(=O)OCc2ccccc2)c1=O)NCc1ccco1. The van der Waals surface area contributed by atoms with Crippen molar-refractivity contribution in [3.63, 3.8) is 0 Å². The fourth-order valence-corrected chi connectivity index (χ4v) is 3.88. The summed E-state index contributed by atoms with van der Waals surface area (Å²) >= 11 is 0. The predicted molar refractivity (Wildman–Crippen MR) is 133 cm³/mol. The summed E-state index contributed by atoms with van der Waals surface area (Å²) in [5.74, 6) is -0.0609. The Kier molecular flexibility index (Phi) is 8.12. The summed E-state index contributed by atoms with van der Waals surface area (Å²) in [7, 11) is 0. The van der Waals surface area contributed by atoms with Crippen molar-refractivity contribution in [2.75, 3.05) is 0 Å². The van der Waals surface area contributed by atoms with Gasteiger partial charge >= 0.3 is 11.7 Å². The summed E-state index contributed by atoms with van der Waals surface area (Å²) in [4.78, 5) is 50.8. The first-order chi connectivity index (χ1) is 17.5. The van der Waals surface area contributed by atoms with Gasteiger partial charge in [-0.15, -0.1) is 0 Å². The molecule has 1 amide bonds. The van der Waals surface area contributed by atoms with Gasteiger partial charge in [0.1, 0.15) is 18.9 Å². The molecule has 2 aromatic heterocycles. The molecular formula is C27H27N3O6. The number of amides is 1. The van der Waals surface area contributed by atoms with Crippen molar-refractivity contribution in [3.05, 3.63) is 105 Å². The molecule has 4 rings (SSSR count). The van der Waals surface area contributed by atoms with Crippen LogP contribution >= 0.6 is 0 Å². The lowest BCUT2D eigenvalue weighted by Crippen LogP contribution is -2.41. The van der Waals surface area contributed by atoms with E-state index in [1.807, 2.05) is 30.3 Å². The molecule has 9 nitrogen and oxygen atoms in total. The number of rotatable bonds is 11. The van der Waals surface area contributed by atoms with Gasteiger partial charge in [0.05, 0.1) is 23.7 Å². The van der Waals surface area contributed by atoms with Gasteiger partial charge in [0.25, 0.3) is 5.56 Å². The maximum atomic E-state index is 13.2. The molecule has 0 fully saturated rings. The van der Waals surface area contributed by atoms with Crippen LogP contribution in [0.1, 0.15) is 30.6 Å². The average molecular weight is 490 g/mol. The van der Waals surface area contributed by atoms with Crippen molar-refractivity contribution in [1.82, 2.24) is 14.5 Å². The van der Waals surface area contributed by atoms with E-state index in [9.17, 15) is 19.2 Å². The monoisotopic (exact) mass is 489 g/mol. The molecule has 0 radical (unpaired) electrons. The van der Waals surface area contributed by atoms with E-state index >= 15 is 0 Å². The van der Waals surface area contributed by atoms with E-state index in [0.29, 0.717) is 36.0 Å². The Morgan fingerprint density at radius 3 is 2.44 bits per heavy atom. The van der Waals surface area contributed by atoms with Crippen LogP contribution in [0.4, 0.5) is 0 Å². The largest absolute Gasteiger partial charge is 0.467 e. The number of furan rings is 1. The maximum absolute atomic E-state index is 13.2. The zero-order valence-electron chi connectivity index (χ0n) is 19.7. The van der Waals surface area contributed by atoms with Crippen LogP contribution in [0.3, 0.4) is 0 Å². The molecule has 0 aliphatic rings. The molecule has 0 unspecified atom stereocenters. The molecule has 0 atom stereocenters. The summed E-state index contributed by atoms with van der Waals surface area (Å²) < 4.78 is 12.9. The molecule has 4 aromatic rings. The van der Waals surface area contributed by atoms with E-state index in [1.165, 1.54) is 4.57 Å². The van der Waals surface area contributed by atoms with Crippen LogP contribution in [0.15, 0.2) is 87.0 Å². The molecule has 1 N–H and O–H groups in total. The molecule has 0 saturated carbocycles. The first kappa shape index (κ1) is 24.7. The molecule has 9 heteroatoms. The van der Waals surface area contributed by atoms with E-state index in [1.54, 1.807) is 42.7 Å². The standard InChI is InChI=1S/C27H27N3O6/c31-24(28-17-21-11-8-16-35-21)14-6-7-15-29-26(33)22-12-4-5-13-23(22)30(27(29)34)18-25(32)36-19-20-9-2-1-3-10-20/h1-5,8-13,16H,6-7,14-15,17-19H2,(H,28,31). The number of aromatic nitrogens is 2. The molecular weight excluding hydrogens is 462 g/mol. The van der Waals surface area contributed by atoms with Crippen LogP contribution in [0.25, 0.3) is 10.9 Å². The van der Waals surface area contributed by atoms with Crippen molar-refractivity contribution in [1.29, 1.82) is 0 Å². The third-order valence-electron chi connectivity index (χ3n) is 5.74. The first-order valence-electron chi connectivity index (χ1n) is 11.7. The van der Waals surface area contributed by atoms with Gasteiger partial charge in [-0.05, 0) is 42.7 Å². The number of ether oxygens (including phenoxy) is 1. The smallest absolute Gasteiger partial charge is 0.332 e. The molecule has 0 bridgehead atoms. The van der Waals surface area contributed by atoms with Crippen LogP contribution in [-0.2, 0) is 40.6 Å². The highest BCUT2D eigenvalue weighted by molar-refractivity contribution is 5.80. The molecule has 0 spiro atoms. The van der Waals surface area contributed by atoms with Crippen molar-refractivity contribution in [2.45, 2.75) is 45.5 Å². The Bertz CT molecular complexity index is 1440. The summed E-state index contributed by atoms with van der Waals surface area (Å²) in [6, 6.07) is 19.4. The van der Waals surface area contributed by atoms with E-state index in [0.717, 1.165) is 10.1 Å². The zero-order valence-corrected chi connectivity index (χ0v) is 19.7. The predicted octanol–water partition coefficient (Wildman–Crippen LogP) is 2.99. The van der Waals surface area contributed by atoms with Crippen molar-refractivity contribution in [2.24, 2.45) is 0 Å². The number of nitrogens with one attached hydrogen (secondary N) is 1. The van der Waals surface area contributed by atoms with E-state index < -0.39 is 17.2 Å². The van der Waals surface area contributed by atoms with Crippen LogP contribution in [0, 0.1) is 0 Å². The van der Waals surface area contributed by atoms with Crippen molar-refractivity contribution in [3.8, 4) is 0 Å². The Hall–Kier alpha value is -4.40. The summed E-state index contributed by atoms with van der Waals surface area (Å²) in [6.45, 7) is 0.212. The van der Waals surface area contributed by atoms with Crippen molar-refractivity contribution < 1.29 is 18.7 Å². The number of hydrogen-bond acceptors (Lipinski definition) is 6. The number of benzene rings is 2. The van der Waals surface area contributed by atoms with E-state index in [2.05, 4.69) is 5.32 Å². The Morgan fingerprint density at radius 2 is 1.67 bits per heavy atom. The highest BCUT2D eigenvalue weighted by Gasteiger charge is 2.16. The maximum Gasteiger partial charge on any atom is 0.332 e. The zero-order chi connectivity index (χ0) is 25.3. The molecule has 0 saturated heterocycles. The van der Waals surface area contributed by atoms with E-state index in [4.69, 9.17) is 9.15 Å². The van der Waals surface area contributed by atoms with Crippen LogP contribution in [0.5, 0.6) is 0 Å². The van der Waals surface area contributed by atoms with Crippen LogP contribution < -0.4 is 16.6 Å². The topological polar surface area (TPSA) is 113 Å². The lowest BCUT2D eigenvalue weighted by atomic mass is 10.2. The van der Waals surface area contributed by atoms with Gasteiger partial charge in [-0.2, -0.15) is 0 Å². The molecule has 186 valence electrons. The summed E-state index contributed by atoms with van der Waals surface area (Å²) in [5.41, 5.74) is 0.198. The number of carbonyl (C=O) groups excluding carboxylic acids is 2.